The summed E-state index contributed by atoms with van der Waals surface area (Å²) in [5.74, 6) is 0.705. The summed E-state index contributed by atoms with van der Waals surface area (Å²) in [4.78, 5) is 4.18. The van der Waals surface area contributed by atoms with Crippen LogP contribution in [-0.4, -0.2) is 56.9 Å². The third-order valence-corrected chi connectivity index (χ3v) is 3.07. The van der Waals surface area contributed by atoms with Crippen molar-refractivity contribution in [2.75, 3.05) is 64.2 Å². The van der Waals surface area contributed by atoms with Gasteiger partial charge in [0.2, 0.25) is 0 Å². The van der Waals surface area contributed by atoms with E-state index in [1.807, 2.05) is 0 Å². The summed E-state index contributed by atoms with van der Waals surface area (Å²) in [6.07, 6.45) is 2.65. The Hall–Kier alpha value is -1.53. The highest BCUT2D eigenvalue weighted by Crippen LogP contribution is 2.17. The van der Waals surface area contributed by atoms with Crippen LogP contribution in [0, 0.1) is 0 Å². The van der Waals surface area contributed by atoms with Crippen LogP contribution in [-0.2, 0) is 4.74 Å². The van der Waals surface area contributed by atoms with Gasteiger partial charge < -0.3 is 26.0 Å². The molecule has 0 fully saturated rings. The zero-order valence-electron chi connectivity index (χ0n) is 12.1. The van der Waals surface area contributed by atoms with Crippen LogP contribution in [0.3, 0.4) is 0 Å². The minimum atomic E-state index is 0.584. The van der Waals surface area contributed by atoms with Crippen LogP contribution in [0.4, 0.5) is 17.2 Å². The molecule has 1 aromatic heterocycles. The largest absolute Gasteiger partial charge is 0.397 e. The number of likely N-dealkylation sites (N-methyl/N-ethyl adjacent to an activating group) is 1. The summed E-state index contributed by atoms with van der Waals surface area (Å²) in [6, 6.07) is 1.72. The molecule has 0 aliphatic rings. The van der Waals surface area contributed by atoms with Gasteiger partial charge in [0.05, 0.1) is 44.8 Å². The van der Waals surface area contributed by atoms with E-state index in [2.05, 4.69) is 24.4 Å². The molecular formula is C13H26N5O+. The molecule has 0 aliphatic heterocycles. The summed E-state index contributed by atoms with van der Waals surface area (Å²) in [6.45, 7) is 3.71. The van der Waals surface area contributed by atoms with Gasteiger partial charge >= 0.3 is 0 Å². The molecule has 0 atom stereocenters. The second-order valence-corrected chi connectivity index (χ2v) is 5.36. The average Bonchev–Trinajstić information content (AvgIpc) is 2.34. The monoisotopic (exact) mass is 268 g/mol. The fourth-order valence-electron chi connectivity index (χ4n) is 1.81. The van der Waals surface area contributed by atoms with Gasteiger partial charge in [-0.05, 0) is 6.07 Å². The zero-order chi connectivity index (χ0) is 14.3. The zero-order valence-corrected chi connectivity index (χ0v) is 12.1. The van der Waals surface area contributed by atoms with Crippen molar-refractivity contribution in [2.45, 2.75) is 6.42 Å². The van der Waals surface area contributed by atoms with Crippen molar-refractivity contribution in [3.63, 3.8) is 0 Å². The third-order valence-electron chi connectivity index (χ3n) is 3.07. The Balaban J connectivity index is 2.30. The first kappa shape index (κ1) is 15.5. The SMILES string of the molecule is COCC[N+](C)(C)CCCNc1ncc(N)cc1N. The van der Waals surface area contributed by atoms with Gasteiger partial charge in [0.15, 0.2) is 0 Å². The summed E-state index contributed by atoms with van der Waals surface area (Å²) in [5.41, 5.74) is 12.6. The summed E-state index contributed by atoms with van der Waals surface area (Å²) < 4.78 is 6.06. The number of nitrogen functional groups attached to an aromatic ring is 2. The molecule has 0 radical (unpaired) electrons. The number of anilines is 3. The minimum Gasteiger partial charge on any atom is -0.397 e. The molecule has 6 heteroatoms. The molecular weight excluding hydrogens is 242 g/mol. The van der Waals surface area contributed by atoms with E-state index in [0.29, 0.717) is 17.2 Å². The van der Waals surface area contributed by atoms with Crippen LogP contribution in [0.1, 0.15) is 6.42 Å². The number of hydrogen-bond acceptors (Lipinski definition) is 5. The fraction of sp³-hybridized carbons (Fsp3) is 0.615. The lowest BCUT2D eigenvalue weighted by atomic mass is 10.3. The van der Waals surface area contributed by atoms with Crippen molar-refractivity contribution >= 4 is 17.2 Å². The van der Waals surface area contributed by atoms with Gasteiger partial charge in [-0.15, -0.1) is 0 Å². The number of nitrogens with two attached hydrogens (primary N) is 2. The Morgan fingerprint density at radius 3 is 2.68 bits per heavy atom. The van der Waals surface area contributed by atoms with Gasteiger partial charge in [-0.25, -0.2) is 4.98 Å². The van der Waals surface area contributed by atoms with E-state index in [4.69, 9.17) is 16.2 Å². The van der Waals surface area contributed by atoms with Crippen molar-refractivity contribution in [1.82, 2.24) is 4.98 Å². The molecule has 6 nitrogen and oxygen atoms in total. The molecule has 1 heterocycles. The van der Waals surface area contributed by atoms with Crippen LogP contribution in [0.2, 0.25) is 0 Å². The standard InChI is InChI=1S/C13H26N5O/c1-18(2,7-8-19-3)6-4-5-16-13-12(15)9-11(14)10-17-13/h9-10H,4-8,14-15H2,1-3H3,(H,16,17)/q+1. The van der Waals surface area contributed by atoms with Crippen molar-refractivity contribution in [1.29, 1.82) is 0 Å². The summed E-state index contributed by atoms with van der Waals surface area (Å²) in [7, 11) is 6.14. The van der Waals surface area contributed by atoms with Crippen LogP contribution >= 0.6 is 0 Å². The van der Waals surface area contributed by atoms with E-state index in [-0.39, 0.29) is 0 Å². The highest BCUT2D eigenvalue weighted by molar-refractivity contribution is 5.65. The molecule has 0 spiro atoms. The lowest BCUT2D eigenvalue weighted by molar-refractivity contribution is -0.890. The average molecular weight is 268 g/mol. The van der Waals surface area contributed by atoms with Crippen LogP contribution in [0.15, 0.2) is 12.3 Å². The molecule has 1 rings (SSSR count). The molecule has 19 heavy (non-hydrogen) atoms. The topological polar surface area (TPSA) is 86.2 Å². The Labute approximate surface area is 115 Å². The predicted octanol–water partition coefficient (Wildman–Crippen LogP) is 0.771. The van der Waals surface area contributed by atoms with Gasteiger partial charge in [0.1, 0.15) is 12.4 Å². The maximum absolute atomic E-state index is 5.83. The summed E-state index contributed by atoms with van der Waals surface area (Å²) in [5, 5.41) is 3.24. The molecule has 108 valence electrons. The van der Waals surface area contributed by atoms with E-state index in [9.17, 15) is 0 Å². The number of hydrogen-bond donors (Lipinski definition) is 3. The Kier molecular flexibility index (Phi) is 5.85. The third kappa shape index (κ3) is 5.76. The molecule has 0 unspecified atom stereocenters. The number of ether oxygens (including phenoxy) is 1. The molecule has 0 bridgehead atoms. The van der Waals surface area contributed by atoms with Crippen molar-refractivity contribution in [3.8, 4) is 0 Å². The highest BCUT2D eigenvalue weighted by atomic mass is 16.5. The van der Waals surface area contributed by atoms with E-state index in [1.54, 1.807) is 19.4 Å². The van der Waals surface area contributed by atoms with E-state index in [0.717, 1.165) is 37.1 Å². The molecule has 0 aliphatic carbocycles. The molecule has 1 aromatic rings. The van der Waals surface area contributed by atoms with Gasteiger partial charge in [-0.3, -0.25) is 0 Å². The van der Waals surface area contributed by atoms with E-state index >= 15 is 0 Å². The molecule has 0 saturated heterocycles. The van der Waals surface area contributed by atoms with Gasteiger partial charge in [-0.1, -0.05) is 0 Å². The predicted molar refractivity (Wildman–Crippen MR) is 79.9 cm³/mol. The fourth-order valence-corrected chi connectivity index (χ4v) is 1.81. The second kappa shape index (κ2) is 7.16. The molecule has 0 amide bonds. The van der Waals surface area contributed by atoms with E-state index < -0.39 is 0 Å². The van der Waals surface area contributed by atoms with Crippen LogP contribution < -0.4 is 16.8 Å². The Morgan fingerprint density at radius 1 is 1.32 bits per heavy atom. The number of pyridine rings is 1. The normalized spacial score (nSPS) is 11.5. The lowest BCUT2D eigenvalue weighted by Gasteiger charge is -2.29. The van der Waals surface area contributed by atoms with Gasteiger partial charge in [0.25, 0.3) is 0 Å². The van der Waals surface area contributed by atoms with Crippen LogP contribution in [0.25, 0.3) is 0 Å². The number of quaternary nitrogens is 1. The molecule has 0 aromatic carbocycles. The number of nitrogens with one attached hydrogen (secondary N) is 1. The van der Waals surface area contributed by atoms with Gasteiger partial charge in [-0.2, -0.15) is 0 Å². The first-order chi connectivity index (χ1) is 8.94. The number of methoxy groups -OCH3 is 1. The number of rotatable bonds is 8. The van der Waals surface area contributed by atoms with Crippen molar-refractivity contribution in [2.24, 2.45) is 0 Å². The smallest absolute Gasteiger partial charge is 0.149 e. The Morgan fingerprint density at radius 2 is 2.05 bits per heavy atom. The van der Waals surface area contributed by atoms with E-state index in [1.165, 1.54) is 0 Å². The Bertz CT molecular complexity index is 395. The van der Waals surface area contributed by atoms with Gasteiger partial charge in [0, 0.05) is 20.1 Å². The number of aromatic nitrogens is 1. The quantitative estimate of drug-likeness (QED) is 0.479. The van der Waals surface area contributed by atoms with Crippen molar-refractivity contribution < 1.29 is 9.22 Å². The molecule has 5 N–H and O–H groups in total. The maximum Gasteiger partial charge on any atom is 0.149 e. The number of nitrogens with zero attached hydrogens (tertiary/aromatic N) is 2. The molecule has 0 saturated carbocycles. The second-order valence-electron chi connectivity index (χ2n) is 5.36. The van der Waals surface area contributed by atoms with Crippen LogP contribution in [0.5, 0.6) is 0 Å². The summed E-state index contributed by atoms with van der Waals surface area (Å²) >= 11 is 0. The maximum atomic E-state index is 5.83. The lowest BCUT2D eigenvalue weighted by Crippen LogP contribution is -2.43. The first-order valence-electron chi connectivity index (χ1n) is 6.50. The first-order valence-corrected chi connectivity index (χ1v) is 6.50. The van der Waals surface area contributed by atoms with Crippen molar-refractivity contribution in [3.05, 3.63) is 12.3 Å². The highest BCUT2D eigenvalue weighted by Gasteiger charge is 2.13. The minimum absolute atomic E-state index is 0.584.